The number of benzene rings is 2. The molecule has 3 aromatic rings. The number of anilines is 1. The van der Waals surface area contributed by atoms with Crippen LogP contribution in [0, 0.1) is 0 Å². The van der Waals surface area contributed by atoms with Gasteiger partial charge in [-0.25, -0.2) is 9.78 Å². The summed E-state index contributed by atoms with van der Waals surface area (Å²) in [6.45, 7) is 7.14. The molecule has 0 spiro atoms. The third kappa shape index (κ3) is 6.06. The van der Waals surface area contributed by atoms with Crippen LogP contribution in [0.2, 0.25) is 0 Å². The Morgan fingerprint density at radius 2 is 1.90 bits per heavy atom. The predicted octanol–water partition coefficient (Wildman–Crippen LogP) is 4.81. The molecule has 2 N–H and O–H groups in total. The number of nitrogens with zero attached hydrogens (tertiary/aromatic N) is 2. The number of carbonyl (C=O) groups is 1. The van der Waals surface area contributed by atoms with Crippen LogP contribution in [0.5, 0.6) is 5.75 Å². The number of nitrogens with one attached hydrogen (secondary N) is 2. The highest BCUT2D eigenvalue weighted by atomic mass is 32.1. The van der Waals surface area contributed by atoms with Crippen molar-refractivity contribution in [1.82, 2.24) is 15.2 Å². The fourth-order valence-corrected chi connectivity index (χ4v) is 4.57. The molecule has 2 aromatic carbocycles. The van der Waals surface area contributed by atoms with Crippen LogP contribution >= 0.6 is 11.3 Å². The minimum atomic E-state index is -0.201. The Morgan fingerprint density at radius 1 is 1.13 bits per heavy atom. The summed E-state index contributed by atoms with van der Waals surface area (Å²) < 4.78 is 5.88. The molecule has 2 heterocycles. The zero-order chi connectivity index (χ0) is 21.6. The van der Waals surface area contributed by atoms with E-state index in [1.807, 2.05) is 44.2 Å². The average Bonchev–Trinajstić information content (AvgIpc) is 3.14. The highest BCUT2D eigenvalue weighted by Gasteiger charge is 2.21. The molecule has 0 bridgehead atoms. The number of hydrogen-bond donors (Lipinski definition) is 2. The number of urea groups is 1. The van der Waals surface area contributed by atoms with E-state index in [4.69, 9.17) is 4.74 Å². The third-order valence-electron chi connectivity index (χ3n) is 5.03. The molecule has 1 aromatic heterocycles. The summed E-state index contributed by atoms with van der Waals surface area (Å²) >= 11 is 1.57. The normalized spacial score (nSPS) is 13.6. The molecule has 7 heteroatoms. The maximum Gasteiger partial charge on any atom is 0.321 e. The van der Waals surface area contributed by atoms with E-state index in [0.717, 1.165) is 43.1 Å². The quantitative estimate of drug-likeness (QED) is 0.558. The summed E-state index contributed by atoms with van der Waals surface area (Å²) in [7, 11) is 0. The van der Waals surface area contributed by atoms with Gasteiger partial charge in [-0.2, -0.15) is 0 Å². The summed E-state index contributed by atoms with van der Waals surface area (Å²) in [4.78, 5) is 20.2. The van der Waals surface area contributed by atoms with Crippen LogP contribution in [-0.2, 0) is 26.1 Å². The molecule has 0 aliphatic carbocycles. The van der Waals surface area contributed by atoms with Crippen molar-refractivity contribution in [2.45, 2.75) is 46.0 Å². The Labute approximate surface area is 187 Å². The van der Waals surface area contributed by atoms with Crippen molar-refractivity contribution in [3.05, 3.63) is 76.3 Å². The van der Waals surface area contributed by atoms with Crippen LogP contribution in [0.3, 0.4) is 0 Å². The van der Waals surface area contributed by atoms with Gasteiger partial charge < -0.3 is 10.1 Å². The molecule has 31 heavy (non-hydrogen) atoms. The number of hydrogen-bond acceptors (Lipinski definition) is 5. The molecule has 6 nitrogen and oxygen atoms in total. The molecule has 0 saturated carbocycles. The van der Waals surface area contributed by atoms with Crippen molar-refractivity contribution in [3.63, 3.8) is 0 Å². The van der Waals surface area contributed by atoms with Crippen molar-refractivity contribution < 1.29 is 9.53 Å². The van der Waals surface area contributed by atoms with Gasteiger partial charge in [-0.1, -0.05) is 42.5 Å². The molecular formula is C24H28N4O2S. The molecule has 0 radical (unpaired) electrons. The topological polar surface area (TPSA) is 66.5 Å². The first-order valence-electron chi connectivity index (χ1n) is 10.6. The Morgan fingerprint density at radius 3 is 2.65 bits per heavy atom. The molecule has 1 aliphatic heterocycles. The number of carbonyl (C=O) groups excluding carboxylic acids is 1. The third-order valence-corrected chi connectivity index (χ3v) is 6.03. The number of rotatable bonds is 7. The van der Waals surface area contributed by atoms with Gasteiger partial charge in [-0.3, -0.25) is 10.2 Å². The summed E-state index contributed by atoms with van der Waals surface area (Å²) in [5.74, 6) is 0.881. The first kappa shape index (κ1) is 21.3. The van der Waals surface area contributed by atoms with E-state index in [2.05, 4.69) is 44.8 Å². The fourth-order valence-electron chi connectivity index (χ4n) is 3.52. The Kier molecular flexibility index (Phi) is 6.84. The minimum absolute atomic E-state index is 0.0974. The molecule has 4 rings (SSSR count). The van der Waals surface area contributed by atoms with Gasteiger partial charge in [-0.05, 0) is 37.1 Å². The Balaban J connectivity index is 1.29. The summed E-state index contributed by atoms with van der Waals surface area (Å²) in [6.07, 6.45) is 0.900. The minimum Gasteiger partial charge on any atom is -0.489 e. The second-order valence-electron chi connectivity index (χ2n) is 8.02. The van der Waals surface area contributed by atoms with Crippen LogP contribution in [-0.4, -0.2) is 28.5 Å². The number of ether oxygens (including phenoxy) is 1. The van der Waals surface area contributed by atoms with E-state index in [-0.39, 0.29) is 12.1 Å². The first-order chi connectivity index (χ1) is 15.0. The summed E-state index contributed by atoms with van der Waals surface area (Å²) in [5, 5.41) is 6.35. The van der Waals surface area contributed by atoms with Gasteiger partial charge >= 0.3 is 6.03 Å². The Hall–Kier alpha value is -2.90. The lowest BCUT2D eigenvalue weighted by molar-refractivity contribution is 0.247. The zero-order valence-electron chi connectivity index (χ0n) is 17.9. The number of thiazole rings is 1. The largest absolute Gasteiger partial charge is 0.489 e. The van der Waals surface area contributed by atoms with Crippen molar-refractivity contribution in [3.8, 4) is 5.75 Å². The standard InChI is InChI=1S/C24H28N4O2S/c1-17(2)25-23(29)27-24-26-21-12-13-28(15-22(21)31-24)14-18-8-10-20(11-9-18)30-16-19-6-4-3-5-7-19/h3-11,17H,12-16H2,1-2H3,(H2,25,26,27,29). The molecule has 2 amide bonds. The van der Waals surface area contributed by atoms with Crippen molar-refractivity contribution in [2.24, 2.45) is 0 Å². The van der Waals surface area contributed by atoms with Gasteiger partial charge in [0.1, 0.15) is 12.4 Å². The highest BCUT2D eigenvalue weighted by molar-refractivity contribution is 7.15. The number of fused-ring (bicyclic) bond motifs is 1. The van der Waals surface area contributed by atoms with Gasteiger partial charge in [0.05, 0.1) is 5.69 Å². The number of amides is 2. The summed E-state index contributed by atoms with van der Waals surface area (Å²) in [6, 6.07) is 18.4. The van der Waals surface area contributed by atoms with Gasteiger partial charge in [0.25, 0.3) is 0 Å². The van der Waals surface area contributed by atoms with E-state index in [1.54, 1.807) is 11.3 Å². The predicted molar refractivity (Wildman–Crippen MR) is 124 cm³/mol. The molecule has 0 saturated heterocycles. The van der Waals surface area contributed by atoms with Crippen molar-refractivity contribution in [1.29, 1.82) is 0 Å². The second kappa shape index (κ2) is 9.94. The lowest BCUT2D eigenvalue weighted by Gasteiger charge is -2.25. The molecule has 162 valence electrons. The zero-order valence-corrected chi connectivity index (χ0v) is 18.7. The molecule has 0 atom stereocenters. The van der Waals surface area contributed by atoms with Crippen LogP contribution < -0.4 is 15.4 Å². The van der Waals surface area contributed by atoms with Crippen LogP contribution in [0.25, 0.3) is 0 Å². The lowest BCUT2D eigenvalue weighted by atomic mass is 10.1. The van der Waals surface area contributed by atoms with Gasteiger partial charge in [0.2, 0.25) is 0 Å². The maximum atomic E-state index is 11.9. The van der Waals surface area contributed by atoms with Crippen molar-refractivity contribution in [2.75, 3.05) is 11.9 Å². The monoisotopic (exact) mass is 436 g/mol. The Bertz CT molecular complexity index is 1000. The number of aromatic nitrogens is 1. The van der Waals surface area contributed by atoms with E-state index in [0.29, 0.717) is 11.7 Å². The maximum absolute atomic E-state index is 11.9. The van der Waals surface area contributed by atoms with Gasteiger partial charge in [0, 0.05) is 37.0 Å². The highest BCUT2D eigenvalue weighted by Crippen LogP contribution is 2.29. The van der Waals surface area contributed by atoms with Crippen LogP contribution in [0.4, 0.5) is 9.93 Å². The van der Waals surface area contributed by atoms with E-state index < -0.39 is 0 Å². The van der Waals surface area contributed by atoms with E-state index >= 15 is 0 Å². The van der Waals surface area contributed by atoms with E-state index in [1.165, 1.54) is 10.4 Å². The van der Waals surface area contributed by atoms with Crippen molar-refractivity contribution >= 4 is 22.5 Å². The fraction of sp³-hybridized carbons (Fsp3) is 0.333. The van der Waals surface area contributed by atoms with E-state index in [9.17, 15) is 4.79 Å². The summed E-state index contributed by atoms with van der Waals surface area (Å²) in [5.41, 5.74) is 3.52. The molecule has 1 aliphatic rings. The average molecular weight is 437 g/mol. The van der Waals surface area contributed by atoms with Gasteiger partial charge in [-0.15, -0.1) is 11.3 Å². The molecular weight excluding hydrogens is 408 g/mol. The SMILES string of the molecule is CC(C)NC(=O)Nc1nc2c(s1)CN(Cc1ccc(OCc3ccccc3)cc1)CC2. The van der Waals surface area contributed by atoms with Gasteiger partial charge in [0.15, 0.2) is 5.13 Å². The smallest absolute Gasteiger partial charge is 0.321 e. The van der Waals surface area contributed by atoms with Crippen LogP contribution in [0.15, 0.2) is 54.6 Å². The second-order valence-corrected chi connectivity index (χ2v) is 9.10. The molecule has 0 unspecified atom stereocenters. The first-order valence-corrected chi connectivity index (χ1v) is 11.4. The molecule has 0 fully saturated rings. The van der Waals surface area contributed by atoms with Crippen LogP contribution in [0.1, 0.15) is 35.5 Å². The lowest BCUT2D eigenvalue weighted by Crippen LogP contribution is -2.34.